The summed E-state index contributed by atoms with van der Waals surface area (Å²) in [7, 11) is 1.71. The standard InChI is InChI=1S/C20H26F2N4OS.HI/c1-23-20(24-5-4-15-11-16(21)13-17(22)12-15)25-14-18(19-3-2-10-28-19)26-6-8-27-9-7-26;/h2-3,10-13,18H,4-9,14H2,1H3,(H2,23,24,25);1H. The zero-order chi connectivity index (χ0) is 19.8. The van der Waals surface area contributed by atoms with E-state index in [0.717, 1.165) is 38.9 Å². The Balaban J connectivity index is 0.00000300. The molecule has 0 saturated carbocycles. The van der Waals surface area contributed by atoms with Crippen molar-refractivity contribution in [3.63, 3.8) is 0 Å². The molecule has 3 rings (SSSR count). The van der Waals surface area contributed by atoms with E-state index in [4.69, 9.17) is 4.74 Å². The van der Waals surface area contributed by atoms with Gasteiger partial charge in [-0.1, -0.05) is 6.07 Å². The summed E-state index contributed by atoms with van der Waals surface area (Å²) in [5.74, 6) is -0.435. The average Bonchev–Trinajstić information content (AvgIpc) is 3.21. The summed E-state index contributed by atoms with van der Waals surface area (Å²) < 4.78 is 32.1. The van der Waals surface area contributed by atoms with Crippen LogP contribution >= 0.6 is 35.3 Å². The van der Waals surface area contributed by atoms with E-state index in [-0.39, 0.29) is 30.0 Å². The average molecular weight is 536 g/mol. The van der Waals surface area contributed by atoms with Crippen LogP contribution in [0.1, 0.15) is 16.5 Å². The molecule has 1 aromatic carbocycles. The number of hydrogen-bond donors (Lipinski definition) is 2. The zero-order valence-corrected chi connectivity index (χ0v) is 19.5. The number of nitrogens with zero attached hydrogens (tertiary/aromatic N) is 2. The highest BCUT2D eigenvalue weighted by Crippen LogP contribution is 2.25. The van der Waals surface area contributed by atoms with Crippen molar-refractivity contribution in [1.29, 1.82) is 0 Å². The second kappa shape index (κ2) is 12.4. The molecule has 9 heteroatoms. The van der Waals surface area contributed by atoms with Crippen LogP contribution in [0.4, 0.5) is 8.78 Å². The van der Waals surface area contributed by atoms with Crippen molar-refractivity contribution in [1.82, 2.24) is 15.5 Å². The van der Waals surface area contributed by atoms with E-state index in [1.807, 2.05) is 0 Å². The first kappa shape index (κ1) is 24.0. The predicted molar refractivity (Wildman–Crippen MR) is 124 cm³/mol. The molecule has 1 aliphatic heterocycles. The fourth-order valence-electron chi connectivity index (χ4n) is 3.27. The first-order valence-electron chi connectivity index (χ1n) is 9.40. The van der Waals surface area contributed by atoms with Gasteiger partial charge in [0.2, 0.25) is 0 Å². The number of rotatable bonds is 7. The molecule has 0 amide bonds. The Kier molecular flexibility index (Phi) is 10.3. The lowest BCUT2D eigenvalue weighted by atomic mass is 10.1. The van der Waals surface area contributed by atoms with Gasteiger partial charge >= 0.3 is 0 Å². The van der Waals surface area contributed by atoms with Crippen LogP contribution in [-0.4, -0.2) is 57.3 Å². The molecule has 5 nitrogen and oxygen atoms in total. The molecular weight excluding hydrogens is 509 g/mol. The Morgan fingerprint density at radius 1 is 1.21 bits per heavy atom. The third-order valence-electron chi connectivity index (χ3n) is 4.67. The van der Waals surface area contributed by atoms with Crippen LogP contribution in [0.25, 0.3) is 0 Å². The van der Waals surface area contributed by atoms with Crippen molar-refractivity contribution >= 4 is 41.3 Å². The topological polar surface area (TPSA) is 48.9 Å². The molecule has 0 radical (unpaired) electrons. The second-order valence-electron chi connectivity index (χ2n) is 6.59. The van der Waals surface area contributed by atoms with Crippen molar-refractivity contribution < 1.29 is 13.5 Å². The van der Waals surface area contributed by atoms with Crippen LogP contribution in [0.5, 0.6) is 0 Å². The molecule has 0 aliphatic carbocycles. The van der Waals surface area contributed by atoms with E-state index in [1.165, 1.54) is 17.0 Å². The summed E-state index contributed by atoms with van der Waals surface area (Å²) in [5, 5.41) is 8.68. The Morgan fingerprint density at radius 2 is 1.93 bits per heavy atom. The Morgan fingerprint density at radius 3 is 2.55 bits per heavy atom. The largest absolute Gasteiger partial charge is 0.379 e. The molecule has 1 aromatic heterocycles. The highest BCUT2D eigenvalue weighted by Gasteiger charge is 2.23. The summed E-state index contributed by atoms with van der Waals surface area (Å²) in [6.45, 7) is 4.56. The second-order valence-corrected chi connectivity index (χ2v) is 7.57. The van der Waals surface area contributed by atoms with Gasteiger partial charge in [-0.25, -0.2) is 8.78 Å². The molecule has 2 aromatic rings. The van der Waals surface area contributed by atoms with Crippen LogP contribution in [0.2, 0.25) is 0 Å². The quantitative estimate of drug-likeness (QED) is 0.324. The Bertz CT molecular complexity index is 750. The molecule has 0 spiro atoms. The van der Waals surface area contributed by atoms with Crippen LogP contribution < -0.4 is 10.6 Å². The van der Waals surface area contributed by atoms with Crippen LogP contribution in [0.3, 0.4) is 0 Å². The summed E-state index contributed by atoms with van der Waals surface area (Å²) >= 11 is 1.75. The molecule has 1 fully saturated rings. The summed E-state index contributed by atoms with van der Waals surface area (Å²) in [6.07, 6.45) is 0.507. The Hall–Kier alpha value is -1.30. The first-order chi connectivity index (χ1) is 13.7. The molecule has 2 heterocycles. The minimum absolute atomic E-state index is 0. The van der Waals surface area contributed by atoms with Gasteiger partial charge in [0.15, 0.2) is 5.96 Å². The summed E-state index contributed by atoms with van der Waals surface area (Å²) in [6, 6.07) is 8.06. The third kappa shape index (κ3) is 7.47. The minimum atomic E-state index is -0.554. The lowest BCUT2D eigenvalue weighted by Gasteiger charge is -2.34. The van der Waals surface area contributed by atoms with Gasteiger partial charge in [-0.15, -0.1) is 35.3 Å². The van der Waals surface area contributed by atoms with E-state index in [0.29, 0.717) is 24.5 Å². The number of benzene rings is 1. The summed E-state index contributed by atoms with van der Waals surface area (Å²) in [5.41, 5.74) is 0.616. The van der Waals surface area contributed by atoms with Crippen molar-refractivity contribution in [3.05, 3.63) is 57.8 Å². The maximum atomic E-state index is 13.3. The maximum absolute atomic E-state index is 13.3. The van der Waals surface area contributed by atoms with E-state index in [9.17, 15) is 8.78 Å². The molecule has 29 heavy (non-hydrogen) atoms. The monoisotopic (exact) mass is 536 g/mol. The minimum Gasteiger partial charge on any atom is -0.379 e. The van der Waals surface area contributed by atoms with Crippen LogP contribution in [0, 0.1) is 11.6 Å². The van der Waals surface area contributed by atoms with Gasteiger partial charge < -0.3 is 15.4 Å². The van der Waals surface area contributed by atoms with Gasteiger partial charge in [0.25, 0.3) is 0 Å². The van der Waals surface area contributed by atoms with E-state index >= 15 is 0 Å². The van der Waals surface area contributed by atoms with Crippen LogP contribution in [0.15, 0.2) is 40.7 Å². The molecular formula is C20H27F2IN4OS. The number of morpholine rings is 1. The lowest BCUT2D eigenvalue weighted by Crippen LogP contribution is -2.46. The van der Waals surface area contributed by atoms with Gasteiger partial charge in [0.1, 0.15) is 11.6 Å². The molecule has 160 valence electrons. The highest BCUT2D eigenvalue weighted by molar-refractivity contribution is 14.0. The SMILES string of the molecule is CN=C(NCCc1cc(F)cc(F)c1)NCC(c1cccs1)N1CCOCC1.I. The number of ether oxygens (including phenoxy) is 1. The van der Waals surface area contributed by atoms with Crippen molar-refractivity contribution in [3.8, 4) is 0 Å². The van der Waals surface area contributed by atoms with Gasteiger partial charge in [0.05, 0.1) is 19.3 Å². The van der Waals surface area contributed by atoms with Crippen molar-refractivity contribution in [2.24, 2.45) is 4.99 Å². The normalized spacial score (nSPS) is 16.2. The van der Waals surface area contributed by atoms with E-state index in [2.05, 4.69) is 38.0 Å². The number of nitrogens with one attached hydrogen (secondary N) is 2. The molecule has 2 N–H and O–H groups in total. The van der Waals surface area contributed by atoms with Gasteiger partial charge in [0, 0.05) is 44.2 Å². The number of halogens is 3. The van der Waals surface area contributed by atoms with Crippen molar-refractivity contribution in [2.75, 3.05) is 46.4 Å². The van der Waals surface area contributed by atoms with Crippen molar-refractivity contribution in [2.45, 2.75) is 12.5 Å². The number of hydrogen-bond acceptors (Lipinski definition) is 4. The molecule has 0 bridgehead atoms. The van der Waals surface area contributed by atoms with E-state index in [1.54, 1.807) is 18.4 Å². The first-order valence-corrected chi connectivity index (χ1v) is 10.3. The zero-order valence-electron chi connectivity index (χ0n) is 16.4. The fraction of sp³-hybridized carbons (Fsp3) is 0.450. The Labute approximate surface area is 191 Å². The highest BCUT2D eigenvalue weighted by atomic mass is 127. The molecule has 1 atom stereocenters. The maximum Gasteiger partial charge on any atom is 0.191 e. The van der Waals surface area contributed by atoms with Gasteiger partial charge in [-0.2, -0.15) is 0 Å². The molecule has 1 saturated heterocycles. The smallest absolute Gasteiger partial charge is 0.191 e. The van der Waals surface area contributed by atoms with E-state index < -0.39 is 11.6 Å². The predicted octanol–water partition coefficient (Wildman–Crippen LogP) is 3.43. The van der Waals surface area contributed by atoms with Gasteiger partial charge in [-0.05, 0) is 35.6 Å². The van der Waals surface area contributed by atoms with Crippen LogP contribution in [-0.2, 0) is 11.2 Å². The number of aliphatic imine (C=N–C) groups is 1. The van der Waals surface area contributed by atoms with Gasteiger partial charge in [-0.3, -0.25) is 9.89 Å². The summed E-state index contributed by atoms with van der Waals surface area (Å²) in [4.78, 5) is 7.99. The fourth-order valence-corrected chi connectivity index (χ4v) is 4.14. The lowest BCUT2D eigenvalue weighted by molar-refractivity contribution is 0.0177. The number of thiophene rings is 1. The molecule has 1 unspecified atom stereocenters. The third-order valence-corrected chi connectivity index (χ3v) is 5.65. The molecule has 1 aliphatic rings. The number of guanidine groups is 1.